The highest BCUT2D eigenvalue weighted by Crippen LogP contribution is 2.25. The molecule has 1 aliphatic heterocycles. The van der Waals surface area contributed by atoms with E-state index in [2.05, 4.69) is 25.5 Å². The van der Waals surface area contributed by atoms with Gasteiger partial charge in [0.25, 0.3) is 5.91 Å². The summed E-state index contributed by atoms with van der Waals surface area (Å²) in [6, 6.07) is 1.34. The number of hydrogen-bond donors (Lipinski definition) is 2. The fraction of sp³-hybridized carbons (Fsp3) is 0.529. The van der Waals surface area contributed by atoms with Crippen LogP contribution in [-0.2, 0) is 0 Å². The quantitative estimate of drug-likeness (QED) is 0.812. The van der Waals surface area contributed by atoms with Gasteiger partial charge in [0, 0.05) is 25.2 Å². The first kappa shape index (κ1) is 17.3. The third kappa shape index (κ3) is 3.78. The molecule has 0 bridgehead atoms. The summed E-state index contributed by atoms with van der Waals surface area (Å²) >= 11 is 0. The summed E-state index contributed by atoms with van der Waals surface area (Å²) in [7, 11) is 0. The van der Waals surface area contributed by atoms with E-state index in [0.29, 0.717) is 24.5 Å². The zero-order valence-corrected chi connectivity index (χ0v) is 14.7. The fourth-order valence-corrected chi connectivity index (χ4v) is 3.22. The molecular formula is C17H23FN6O. The van der Waals surface area contributed by atoms with Crippen molar-refractivity contribution in [2.75, 3.05) is 18.4 Å². The molecule has 3 rings (SSSR count). The Morgan fingerprint density at radius 1 is 1.40 bits per heavy atom. The van der Waals surface area contributed by atoms with E-state index in [0.717, 1.165) is 12.1 Å². The smallest absolute Gasteiger partial charge is 0.257 e. The van der Waals surface area contributed by atoms with Crippen LogP contribution in [0.2, 0.25) is 0 Å². The average Bonchev–Trinajstić information content (AvgIpc) is 3.24. The number of aromatic amines is 1. The van der Waals surface area contributed by atoms with E-state index in [1.165, 1.54) is 12.4 Å². The van der Waals surface area contributed by atoms with Gasteiger partial charge in [-0.15, -0.1) is 0 Å². The molecule has 0 radical (unpaired) electrons. The second-order valence-corrected chi connectivity index (χ2v) is 6.81. The van der Waals surface area contributed by atoms with E-state index in [1.54, 1.807) is 6.20 Å². The number of carbonyl (C=O) groups excluding carboxylic acids is 1. The highest BCUT2D eigenvalue weighted by atomic mass is 19.1. The Bertz CT molecular complexity index is 746. The second kappa shape index (κ2) is 7.16. The molecule has 0 aromatic carbocycles. The van der Waals surface area contributed by atoms with Gasteiger partial charge in [-0.2, -0.15) is 9.49 Å². The first-order valence-electron chi connectivity index (χ1n) is 8.52. The Hall–Kier alpha value is -2.51. The average molecular weight is 346 g/mol. The lowest BCUT2D eigenvalue weighted by molar-refractivity contribution is 0.0785. The Labute approximate surface area is 146 Å². The maximum atomic E-state index is 13.2. The Kier molecular flexibility index (Phi) is 4.96. The normalized spacial score (nSPS) is 18.6. The summed E-state index contributed by atoms with van der Waals surface area (Å²) in [6.45, 7) is 7.45. The van der Waals surface area contributed by atoms with Gasteiger partial charge < -0.3 is 10.2 Å². The van der Waals surface area contributed by atoms with E-state index in [4.69, 9.17) is 0 Å². The molecule has 2 aromatic heterocycles. The molecule has 2 atom stereocenters. The Morgan fingerprint density at radius 2 is 2.20 bits per heavy atom. The predicted octanol–water partition coefficient (Wildman–Crippen LogP) is 2.42. The minimum Gasteiger partial charge on any atom is -0.367 e. The van der Waals surface area contributed by atoms with E-state index >= 15 is 0 Å². The number of nitrogens with zero attached hydrogens (tertiary/aromatic N) is 4. The topological polar surface area (TPSA) is 86.8 Å². The van der Waals surface area contributed by atoms with Gasteiger partial charge in [0.2, 0.25) is 5.95 Å². The van der Waals surface area contributed by atoms with E-state index in [1.807, 2.05) is 25.7 Å². The summed E-state index contributed by atoms with van der Waals surface area (Å²) in [5.74, 6) is 0.403. The van der Waals surface area contributed by atoms with Gasteiger partial charge in [-0.1, -0.05) is 13.8 Å². The second-order valence-electron chi connectivity index (χ2n) is 6.81. The molecule has 0 aliphatic carbocycles. The molecule has 1 amide bonds. The van der Waals surface area contributed by atoms with Crippen LogP contribution in [0, 0.1) is 11.9 Å². The minimum absolute atomic E-state index is 0.0141. The molecule has 8 heteroatoms. The van der Waals surface area contributed by atoms with Crippen LogP contribution in [0.15, 0.2) is 18.6 Å². The van der Waals surface area contributed by atoms with Crippen LogP contribution in [-0.4, -0.2) is 50.1 Å². The minimum atomic E-state index is -0.561. The molecule has 2 unspecified atom stereocenters. The first-order chi connectivity index (χ1) is 12.0. The van der Waals surface area contributed by atoms with Gasteiger partial charge in [0.1, 0.15) is 12.1 Å². The van der Waals surface area contributed by atoms with Crippen molar-refractivity contribution in [1.82, 2.24) is 25.1 Å². The van der Waals surface area contributed by atoms with Crippen LogP contribution >= 0.6 is 0 Å². The SMILES string of the molecule is CC(C)c1[nH]ncc1C(=O)N1CCC(C(C)Nc2cc(F)ncn2)C1. The number of amides is 1. The Morgan fingerprint density at radius 3 is 2.92 bits per heavy atom. The first-order valence-corrected chi connectivity index (χ1v) is 8.52. The maximum Gasteiger partial charge on any atom is 0.257 e. The molecule has 0 saturated carbocycles. The van der Waals surface area contributed by atoms with Crippen molar-refractivity contribution in [2.24, 2.45) is 5.92 Å². The van der Waals surface area contributed by atoms with Crippen molar-refractivity contribution in [3.05, 3.63) is 35.8 Å². The molecule has 2 aromatic rings. The zero-order chi connectivity index (χ0) is 18.0. The van der Waals surface area contributed by atoms with Gasteiger partial charge in [-0.05, 0) is 25.2 Å². The summed E-state index contributed by atoms with van der Waals surface area (Å²) in [5, 5.41) is 10.1. The monoisotopic (exact) mass is 346 g/mol. The number of anilines is 1. The number of H-pyrrole nitrogens is 1. The van der Waals surface area contributed by atoms with Crippen LogP contribution in [0.25, 0.3) is 0 Å². The van der Waals surface area contributed by atoms with Crippen molar-refractivity contribution in [3.8, 4) is 0 Å². The molecule has 2 N–H and O–H groups in total. The van der Waals surface area contributed by atoms with Gasteiger partial charge in [0.15, 0.2) is 0 Å². The number of carbonyl (C=O) groups is 1. The third-order valence-electron chi connectivity index (χ3n) is 4.70. The summed E-state index contributed by atoms with van der Waals surface area (Å²) in [5.41, 5.74) is 1.52. The fourth-order valence-electron chi connectivity index (χ4n) is 3.22. The van der Waals surface area contributed by atoms with Crippen molar-refractivity contribution in [3.63, 3.8) is 0 Å². The lowest BCUT2D eigenvalue weighted by Gasteiger charge is -2.22. The van der Waals surface area contributed by atoms with Crippen molar-refractivity contribution < 1.29 is 9.18 Å². The summed E-state index contributed by atoms with van der Waals surface area (Å²) < 4.78 is 13.2. The molecule has 1 aliphatic rings. The van der Waals surface area contributed by atoms with E-state index in [9.17, 15) is 9.18 Å². The number of rotatable bonds is 5. The zero-order valence-electron chi connectivity index (χ0n) is 14.7. The number of aromatic nitrogens is 4. The van der Waals surface area contributed by atoms with Gasteiger partial charge in [-0.25, -0.2) is 9.97 Å². The maximum absolute atomic E-state index is 13.2. The summed E-state index contributed by atoms with van der Waals surface area (Å²) in [6.07, 6.45) is 3.69. The number of halogens is 1. The molecule has 25 heavy (non-hydrogen) atoms. The standard InChI is InChI=1S/C17H23FN6O/c1-10(2)16-13(7-21-23-16)17(25)24-5-4-12(8-24)11(3)22-15-6-14(18)19-9-20-15/h6-7,9-12H,4-5,8H2,1-3H3,(H,21,23)(H,19,20,22). The van der Waals surface area contributed by atoms with Gasteiger partial charge in [0.05, 0.1) is 17.5 Å². The summed E-state index contributed by atoms with van der Waals surface area (Å²) in [4.78, 5) is 22.1. The van der Waals surface area contributed by atoms with Crippen molar-refractivity contribution in [2.45, 2.75) is 39.2 Å². The molecule has 0 spiro atoms. The number of hydrogen-bond acceptors (Lipinski definition) is 5. The molecule has 7 nitrogen and oxygen atoms in total. The van der Waals surface area contributed by atoms with Crippen LogP contribution in [0.1, 0.15) is 49.2 Å². The van der Waals surface area contributed by atoms with Crippen LogP contribution in [0.4, 0.5) is 10.2 Å². The van der Waals surface area contributed by atoms with Crippen LogP contribution in [0.3, 0.4) is 0 Å². The highest BCUT2D eigenvalue weighted by Gasteiger charge is 2.32. The van der Waals surface area contributed by atoms with Crippen molar-refractivity contribution in [1.29, 1.82) is 0 Å². The molecule has 1 fully saturated rings. The highest BCUT2D eigenvalue weighted by molar-refractivity contribution is 5.95. The van der Waals surface area contributed by atoms with Crippen LogP contribution in [0.5, 0.6) is 0 Å². The van der Waals surface area contributed by atoms with Gasteiger partial charge in [-0.3, -0.25) is 9.89 Å². The van der Waals surface area contributed by atoms with Crippen molar-refractivity contribution >= 4 is 11.7 Å². The van der Waals surface area contributed by atoms with E-state index in [-0.39, 0.29) is 23.8 Å². The molecule has 134 valence electrons. The molecule has 3 heterocycles. The third-order valence-corrected chi connectivity index (χ3v) is 4.70. The number of nitrogens with one attached hydrogen (secondary N) is 2. The largest absolute Gasteiger partial charge is 0.367 e. The van der Waals surface area contributed by atoms with E-state index < -0.39 is 5.95 Å². The molecule has 1 saturated heterocycles. The van der Waals surface area contributed by atoms with Crippen LogP contribution < -0.4 is 5.32 Å². The Balaban J connectivity index is 1.63. The molecular weight excluding hydrogens is 323 g/mol. The lowest BCUT2D eigenvalue weighted by Crippen LogP contribution is -2.33. The lowest BCUT2D eigenvalue weighted by atomic mass is 10.0. The number of likely N-dealkylation sites (tertiary alicyclic amines) is 1. The predicted molar refractivity (Wildman–Crippen MR) is 91.8 cm³/mol. The van der Waals surface area contributed by atoms with Gasteiger partial charge >= 0.3 is 0 Å².